The highest BCUT2D eigenvalue weighted by molar-refractivity contribution is 7.88. The Balaban J connectivity index is 1.50. The molecule has 1 aliphatic rings. The Morgan fingerprint density at radius 2 is 1.81 bits per heavy atom. The van der Waals surface area contributed by atoms with Gasteiger partial charge in [0.15, 0.2) is 5.65 Å². The van der Waals surface area contributed by atoms with Gasteiger partial charge >= 0.3 is 6.36 Å². The second-order valence-corrected chi connectivity index (χ2v) is 9.57. The van der Waals surface area contributed by atoms with Crippen molar-refractivity contribution in [2.75, 3.05) is 11.6 Å². The minimum atomic E-state index is -4.77. The van der Waals surface area contributed by atoms with Gasteiger partial charge in [-0.25, -0.2) is 22.6 Å². The molecular formula is C20H22F3N5O3S. The lowest BCUT2D eigenvalue weighted by molar-refractivity contribution is -0.274. The van der Waals surface area contributed by atoms with Crippen molar-refractivity contribution < 1.29 is 26.3 Å². The fraction of sp³-hybridized carbons (Fsp3) is 0.400. The van der Waals surface area contributed by atoms with Crippen LogP contribution in [0, 0.1) is 0 Å². The first-order valence-electron chi connectivity index (χ1n) is 10.0. The molecule has 0 spiro atoms. The molecule has 0 amide bonds. The molecule has 1 aromatic carbocycles. The zero-order chi connectivity index (χ0) is 22.9. The highest BCUT2D eigenvalue weighted by Crippen LogP contribution is 2.29. The second kappa shape index (κ2) is 8.58. The van der Waals surface area contributed by atoms with Crippen LogP contribution < -0.4 is 14.8 Å². The Morgan fingerprint density at radius 1 is 1.09 bits per heavy atom. The maximum absolute atomic E-state index is 12.6. The first-order valence-corrected chi connectivity index (χ1v) is 11.9. The van der Waals surface area contributed by atoms with Crippen molar-refractivity contribution in [3.63, 3.8) is 0 Å². The third kappa shape index (κ3) is 5.68. The van der Waals surface area contributed by atoms with Crippen molar-refractivity contribution in [3.8, 4) is 17.0 Å². The standard InChI is InChI=1S/C20H22F3N5O3S/c1-32(29,30)27-15-7-5-14(6-8-15)25-18-9-10-19-24-12-17(28(19)26-18)13-3-2-4-16(11-13)31-20(21,22)23/h2-4,9-12,14-15,27H,5-8H2,1H3,(H,25,26)/t14-,15-. The van der Waals surface area contributed by atoms with Gasteiger partial charge in [0.2, 0.25) is 10.0 Å². The predicted molar refractivity (Wildman–Crippen MR) is 113 cm³/mol. The SMILES string of the molecule is CS(=O)(=O)N[C@H]1CC[C@H](Nc2ccc3ncc(-c4cccc(OC(F)(F)F)c4)n3n2)CC1. The Morgan fingerprint density at radius 3 is 2.50 bits per heavy atom. The molecule has 1 saturated carbocycles. The number of aromatic nitrogens is 3. The van der Waals surface area contributed by atoms with Gasteiger partial charge < -0.3 is 10.1 Å². The van der Waals surface area contributed by atoms with Crippen LogP contribution in [0.15, 0.2) is 42.6 Å². The number of hydrogen-bond acceptors (Lipinski definition) is 6. The number of anilines is 1. The van der Waals surface area contributed by atoms with Gasteiger partial charge in [0.05, 0.1) is 18.1 Å². The Hall–Kier alpha value is -2.86. The van der Waals surface area contributed by atoms with E-state index in [0.717, 1.165) is 31.9 Å². The maximum Gasteiger partial charge on any atom is 0.573 e. The van der Waals surface area contributed by atoms with Crippen LogP contribution in [0.25, 0.3) is 16.9 Å². The zero-order valence-electron chi connectivity index (χ0n) is 17.1. The number of hydrogen-bond donors (Lipinski definition) is 2. The van der Waals surface area contributed by atoms with Gasteiger partial charge in [-0.1, -0.05) is 12.1 Å². The summed E-state index contributed by atoms with van der Waals surface area (Å²) in [5.74, 6) is 0.276. The third-order valence-electron chi connectivity index (χ3n) is 5.19. The average molecular weight is 469 g/mol. The van der Waals surface area contributed by atoms with Gasteiger partial charge in [0.1, 0.15) is 11.6 Å². The van der Waals surface area contributed by atoms with Crippen LogP contribution in [0.1, 0.15) is 25.7 Å². The monoisotopic (exact) mass is 469 g/mol. The summed E-state index contributed by atoms with van der Waals surface area (Å²) in [5.41, 5.74) is 1.56. The quantitative estimate of drug-likeness (QED) is 0.573. The van der Waals surface area contributed by atoms with Crippen molar-refractivity contribution >= 4 is 21.5 Å². The normalized spacial score (nSPS) is 19.8. The number of imidazole rings is 1. The van der Waals surface area contributed by atoms with E-state index in [1.165, 1.54) is 18.2 Å². The topological polar surface area (TPSA) is 97.6 Å². The fourth-order valence-electron chi connectivity index (χ4n) is 3.87. The van der Waals surface area contributed by atoms with Gasteiger partial charge in [-0.2, -0.15) is 0 Å². The van der Waals surface area contributed by atoms with E-state index in [1.807, 2.05) is 0 Å². The maximum atomic E-state index is 12.6. The van der Waals surface area contributed by atoms with Crippen molar-refractivity contribution in [2.45, 2.75) is 44.1 Å². The smallest absolute Gasteiger partial charge is 0.406 e. The number of alkyl halides is 3. The molecular weight excluding hydrogens is 447 g/mol. The Bertz CT molecular complexity index is 1200. The van der Waals surface area contributed by atoms with E-state index < -0.39 is 16.4 Å². The van der Waals surface area contributed by atoms with Gasteiger partial charge in [-0.05, 0) is 49.9 Å². The number of nitrogens with one attached hydrogen (secondary N) is 2. The molecule has 2 aromatic heterocycles. The van der Waals surface area contributed by atoms with E-state index in [4.69, 9.17) is 0 Å². The number of rotatable bonds is 6. The molecule has 3 aromatic rings. The van der Waals surface area contributed by atoms with E-state index in [9.17, 15) is 21.6 Å². The molecule has 0 unspecified atom stereocenters. The minimum Gasteiger partial charge on any atom is -0.406 e. The van der Waals surface area contributed by atoms with Crippen LogP contribution in [0.5, 0.6) is 5.75 Å². The van der Waals surface area contributed by atoms with Crippen LogP contribution >= 0.6 is 0 Å². The molecule has 0 saturated heterocycles. The highest BCUT2D eigenvalue weighted by Gasteiger charge is 2.31. The molecule has 32 heavy (non-hydrogen) atoms. The summed E-state index contributed by atoms with van der Waals surface area (Å²) < 4.78 is 68.7. The number of sulfonamides is 1. The summed E-state index contributed by atoms with van der Waals surface area (Å²) in [4.78, 5) is 4.28. The van der Waals surface area contributed by atoms with Gasteiger partial charge in [-0.3, -0.25) is 0 Å². The number of nitrogens with zero attached hydrogens (tertiary/aromatic N) is 3. The molecule has 8 nitrogen and oxygen atoms in total. The first kappa shape index (κ1) is 22.3. The summed E-state index contributed by atoms with van der Waals surface area (Å²) >= 11 is 0. The van der Waals surface area contributed by atoms with E-state index in [-0.39, 0.29) is 17.8 Å². The molecule has 2 heterocycles. The second-order valence-electron chi connectivity index (χ2n) is 7.79. The lowest BCUT2D eigenvalue weighted by Crippen LogP contribution is -2.39. The fourth-order valence-corrected chi connectivity index (χ4v) is 4.71. The number of benzene rings is 1. The summed E-state index contributed by atoms with van der Waals surface area (Å²) in [6.45, 7) is 0. The first-order chi connectivity index (χ1) is 15.1. The molecule has 172 valence electrons. The summed E-state index contributed by atoms with van der Waals surface area (Å²) in [7, 11) is -3.23. The molecule has 0 atom stereocenters. The molecule has 12 heteroatoms. The zero-order valence-corrected chi connectivity index (χ0v) is 17.9. The van der Waals surface area contributed by atoms with Gasteiger partial charge in [0, 0.05) is 17.6 Å². The third-order valence-corrected chi connectivity index (χ3v) is 5.95. The lowest BCUT2D eigenvalue weighted by Gasteiger charge is -2.29. The van der Waals surface area contributed by atoms with Crippen molar-refractivity contribution in [3.05, 3.63) is 42.6 Å². The Kier molecular flexibility index (Phi) is 5.99. The van der Waals surface area contributed by atoms with Crippen molar-refractivity contribution in [1.29, 1.82) is 0 Å². The Labute approximate surface area is 182 Å². The van der Waals surface area contributed by atoms with Crippen LogP contribution in [-0.4, -0.2) is 47.7 Å². The number of fused-ring (bicyclic) bond motifs is 1. The number of halogens is 3. The van der Waals surface area contributed by atoms with Crippen LogP contribution in [0.4, 0.5) is 19.0 Å². The van der Waals surface area contributed by atoms with Crippen molar-refractivity contribution in [2.24, 2.45) is 0 Å². The average Bonchev–Trinajstić information content (AvgIpc) is 3.10. The molecule has 0 aliphatic heterocycles. The lowest BCUT2D eigenvalue weighted by atomic mass is 9.92. The van der Waals surface area contributed by atoms with E-state index >= 15 is 0 Å². The van der Waals surface area contributed by atoms with Crippen LogP contribution in [0.3, 0.4) is 0 Å². The van der Waals surface area contributed by atoms with Gasteiger partial charge in [-0.15, -0.1) is 18.3 Å². The predicted octanol–water partition coefficient (Wildman–Crippen LogP) is 3.57. The summed E-state index contributed by atoms with van der Waals surface area (Å²) in [6.07, 6.45) is 0.917. The summed E-state index contributed by atoms with van der Waals surface area (Å²) in [5, 5.41) is 7.91. The molecule has 1 aliphatic carbocycles. The molecule has 0 bridgehead atoms. The molecule has 1 fully saturated rings. The highest BCUT2D eigenvalue weighted by atomic mass is 32.2. The van der Waals surface area contributed by atoms with Gasteiger partial charge in [0.25, 0.3) is 0 Å². The van der Waals surface area contributed by atoms with Crippen LogP contribution in [0.2, 0.25) is 0 Å². The number of ether oxygens (including phenoxy) is 1. The molecule has 0 radical (unpaired) electrons. The largest absolute Gasteiger partial charge is 0.573 e. The molecule has 4 rings (SSSR count). The van der Waals surface area contributed by atoms with E-state index in [0.29, 0.717) is 22.7 Å². The van der Waals surface area contributed by atoms with Crippen molar-refractivity contribution in [1.82, 2.24) is 19.3 Å². The van der Waals surface area contributed by atoms with E-state index in [2.05, 4.69) is 24.9 Å². The van der Waals surface area contributed by atoms with Crippen LogP contribution in [-0.2, 0) is 10.0 Å². The minimum absolute atomic E-state index is 0.0649. The summed E-state index contributed by atoms with van der Waals surface area (Å²) in [6, 6.07) is 9.27. The molecule has 2 N–H and O–H groups in total. The van der Waals surface area contributed by atoms with E-state index in [1.54, 1.807) is 28.9 Å².